The SMILES string of the molecule is O=C(Nc1ccccc1)OCCCCCCCCCCC=C(F)F. The fourth-order valence-electron chi connectivity index (χ4n) is 2.36. The smallest absolute Gasteiger partial charge is 0.411 e. The summed E-state index contributed by atoms with van der Waals surface area (Å²) >= 11 is 0. The van der Waals surface area contributed by atoms with Crippen molar-refractivity contribution in [1.82, 2.24) is 0 Å². The van der Waals surface area contributed by atoms with Gasteiger partial charge in [-0.05, 0) is 37.5 Å². The fourth-order valence-corrected chi connectivity index (χ4v) is 2.36. The molecule has 0 saturated heterocycles. The van der Waals surface area contributed by atoms with Crippen LogP contribution in [0.5, 0.6) is 0 Å². The number of carbonyl (C=O) groups is 1. The number of ether oxygens (including phenoxy) is 1. The van der Waals surface area contributed by atoms with Crippen LogP contribution in [0, 0.1) is 0 Å². The summed E-state index contributed by atoms with van der Waals surface area (Å²) in [7, 11) is 0. The molecular weight excluding hydrogens is 312 g/mol. The monoisotopic (exact) mass is 339 g/mol. The van der Waals surface area contributed by atoms with E-state index >= 15 is 0 Å². The van der Waals surface area contributed by atoms with Gasteiger partial charge in [-0.15, -0.1) is 0 Å². The van der Waals surface area contributed by atoms with Crippen molar-refractivity contribution < 1.29 is 18.3 Å². The number of hydrogen-bond acceptors (Lipinski definition) is 2. The Hall–Kier alpha value is -1.91. The van der Waals surface area contributed by atoms with E-state index in [-0.39, 0.29) is 0 Å². The molecule has 0 radical (unpaired) electrons. The molecule has 0 aliphatic rings. The molecule has 1 rings (SSSR count). The predicted octanol–water partition coefficient (Wildman–Crippen LogP) is 6.53. The maximum absolute atomic E-state index is 11.8. The average Bonchev–Trinajstić information content (AvgIpc) is 2.56. The van der Waals surface area contributed by atoms with Crippen molar-refractivity contribution in [2.75, 3.05) is 11.9 Å². The summed E-state index contributed by atoms with van der Waals surface area (Å²) in [5.74, 6) is 0. The quantitative estimate of drug-likeness (QED) is 0.440. The van der Waals surface area contributed by atoms with Crippen molar-refractivity contribution in [1.29, 1.82) is 0 Å². The third kappa shape index (κ3) is 11.6. The molecule has 0 fully saturated rings. The van der Waals surface area contributed by atoms with Gasteiger partial charge < -0.3 is 4.74 Å². The van der Waals surface area contributed by atoms with Crippen molar-refractivity contribution >= 4 is 11.8 Å². The van der Waals surface area contributed by atoms with E-state index < -0.39 is 12.2 Å². The lowest BCUT2D eigenvalue weighted by atomic mass is 10.1. The first-order valence-corrected chi connectivity index (χ1v) is 8.68. The molecular formula is C19H27F2NO2. The highest BCUT2D eigenvalue weighted by atomic mass is 19.3. The van der Waals surface area contributed by atoms with Crippen LogP contribution in [0.1, 0.15) is 57.8 Å². The minimum Gasteiger partial charge on any atom is -0.449 e. The summed E-state index contributed by atoms with van der Waals surface area (Å²) in [4.78, 5) is 11.5. The van der Waals surface area contributed by atoms with Gasteiger partial charge in [-0.3, -0.25) is 5.32 Å². The number of allylic oxidation sites excluding steroid dienone is 1. The predicted molar refractivity (Wildman–Crippen MR) is 93.3 cm³/mol. The Bertz CT molecular complexity index is 474. The Kier molecular flexibility index (Phi) is 11.3. The molecule has 0 bridgehead atoms. The Balaban J connectivity index is 1.85. The van der Waals surface area contributed by atoms with Gasteiger partial charge in [0.1, 0.15) is 0 Å². The number of rotatable bonds is 12. The number of carbonyl (C=O) groups excluding carboxylic acids is 1. The number of unbranched alkanes of at least 4 members (excludes halogenated alkanes) is 8. The molecule has 0 unspecified atom stereocenters. The number of halogens is 2. The number of anilines is 1. The third-order valence-electron chi connectivity index (χ3n) is 3.65. The highest BCUT2D eigenvalue weighted by Gasteiger charge is 2.01. The van der Waals surface area contributed by atoms with E-state index in [2.05, 4.69) is 5.32 Å². The number of hydrogen-bond donors (Lipinski definition) is 1. The average molecular weight is 339 g/mol. The highest BCUT2D eigenvalue weighted by molar-refractivity contribution is 5.84. The topological polar surface area (TPSA) is 38.3 Å². The van der Waals surface area contributed by atoms with Crippen molar-refractivity contribution in [2.45, 2.75) is 57.8 Å². The van der Waals surface area contributed by atoms with Crippen LogP contribution in [0.3, 0.4) is 0 Å². The number of benzene rings is 1. The Morgan fingerprint density at radius 3 is 2.12 bits per heavy atom. The van der Waals surface area contributed by atoms with E-state index in [1.54, 1.807) is 0 Å². The Morgan fingerprint density at radius 2 is 1.50 bits per heavy atom. The second-order valence-corrected chi connectivity index (χ2v) is 5.74. The first-order chi connectivity index (χ1) is 11.7. The molecule has 3 nitrogen and oxygen atoms in total. The Morgan fingerprint density at radius 1 is 0.917 bits per heavy atom. The van der Waals surface area contributed by atoms with Crippen molar-refractivity contribution in [2.24, 2.45) is 0 Å². The standard InChI is InChI=1S/C19H27F2NO2/c20-18(21)15-11-6-4-2-1-3-5-7-12-16-24-19(23)22-17-13-9-8-10-14-17/h8-10,13-15H,1-7,11-12,16H2,(H,22,23). The van der Waals surface area contributed by atoms with E-state index in [1.165, 1.54) is 0 Å². The van der Waals surface area contributed by atoms with Gasteiger partial charge in [-0.1, -0.05) is 56.7 Å². The first-order valence-electron chi connectivity index (χ1n) is 8.68. The third-order valence-corrected chi connectivity index (χ3v) is 3.65. The van der Waals surface area contributed by atoms with E-state index in [9.17, 15) is 13.6 Å². The summed E-state index contributed by atoms with van der Waals surface area (Å²) < 4.78 is 28.7. The minimum atomic E-state index is -1.57. The summed E-state index contributed by atoms with van der Waals surface area (Å²) in [5, 5.41) is 2.67. The highest BCUT2D eigenvalue weighted by Crippen LogP contribution is 2.11. The van der Waals surface area contributed by atoms with E-state index in [1.807, 2.05) is 30.3 Å². The molecule has 134 valence electrons. The van der Waals surface area contributed by atoms with Crippen LogP contribution in [0.4, 0.5) is 19.3 Å². The van der Waals surface area contributed by atoms with Gasteiger partial charge in [-0.25, -0.2) is 4.79 Å². The van der Waals surface area contributed by atoms with Crippen LogP contribution in [0.15, 0.2) is 42.5 Å². The maximum atomic E-state index is 11.8. The van der Waals surface area contributed by atoms with Gasteiger partial charge in [0, 0.05) is 5.69 Å². The molecule has 0 atom stereocenters. The van der Waals surface area contributed by atoms with Gasteiger partial charge in [0.2, 0.25) is 0 Å². The molecule has 0 spiro atoms. The zero-order valence-corrected chi connectivity index (χ0v) is 14.1. The largest absolute Gasteiger partial charge is 0.449 e. The summed E-state index contributed by atoms with van der Waals surface area (Å²) in [6.45, 7) is 0.430. The zero-order chi connectivity index (χ0) is 17.5. The first kappa shape index (κ1) is 20.1. The normalized spacial score (nSPS) is 10.2. The lowest BCUT2D eigenvalue weighted by Gasteiger charge is -2.06. The van der Waals surface area contributed by atoms with Gasteiger partial charge in [0.25, 0.3) is 6.08 Å². The van der Waals surface area contributed by atoms with E-state index in [0.717, 1.165) is 63.1 Å². The maximum Gasteiger partial charge on any atom is 0.411 e. The fraction of sp³-hybridized carbons (Fsp3) is 0.526. The molecule has 1 aromatic rings. The van der Waals surface area contributed by atoms with E-state index in [0.29, 0.717) is 13.0 Å². The zero-order valence-electron chi connectivity index (χ0n) is 14.1. The summed E-state index contributed by atoms with van der Waals surface area (Å²) in [6.07, 6.45) is 7.71. The molecule has 1 aromatic carbocycles. The van der Waals surface area contributed by atoms with Crippen LogP contribution in [-0.4, -0.2) is 12.7 Å². The number of para-hydroxylation sites is 1. The van der Waals surface area contributed by atoms with Gasteiger partial charge in [-0.2, -0.15) is 8.78 Å². The minimum absolute atomic E-state index is 0.417. The molecule has 1 N–H and O–H groups in total. The summed E-state index contributed by atoms with van der Waals surface area (Å²) in [6, 6.07) is 9.21. The molecule has 5 heteroatoms. The van der Waals surface area contributed by atoms with Crippen LogP contribution in [-0.2, 0) is 4.74 Å². The van der Waals surface area contributed by atoms with Crippen LogP contribution in [0.2, 0.25) is 0 Å². The van der Waals surface area contributed by atoms with E-state index in [4.69, 9.17) is 4.74 Å². The van der Waals surface area contributed by atoms with Gasteiger partial charge in [0.05, 0.1) is 6.61 Å². The van der Waals surface area contributed by atoms with Crippen LogP contribution < -0.4 is 5.32 Å². The second kappa shape index (κ2) is 13.5. The lowest BCUT2D eigenvalue weighted by molar-refractivity contribution is 0.159. The van der Waals surface area contributed by atoms with Gasteiger partial charge in [0.15, 0.2) is 0 Å². The number of nitrogens with one attached hydrogen (secondary N) is 1. The molecule has 0 saturated carbocycles. The Labute approximate surface area is 143 Å². The van der Waals surface area contributed by atoms with Crippen LogP contribution in [0.25, 0.3) is 0 Å². The molecule has 0 aliphatic carbocycles. The lowest BCUT2D eigenvalue weighted by Crippen LogP contribution is -2.14. The second-order valence-electron chi connectivity index (χ2n) is 5.74. The van der Waals surface area contributed by atoms with Gasteiger partial charge >= 0.3 is 6.09 Å². The molecule has 24 heavy (non-hydrogen) atoms. The molecule has 1 amide bonds. The van der Waals surface area contributed by atoms with Crippen LogP contribution >= 0.6 is 0 Å². The number of amides is 1. The summed E-state index contributed by atoms with van der Waals surface area (Å²) in [5.41, 5.74) is 0.729. The van der Waals surface area contributed by atoms with Crippen molar-refractivity contribution in [3.05, 3.63) is 42.5 Å². The van der Waals surface area contributed by atoms with Crippen molar-refractivity contribution in [3.63, 3.8) is 0 Å². The molecule has 0 heterocycles. The molecule has 0 aromatic heterocycles. The van der Waals surface area contributed by atoms with Crippen molar-refractivity contribution in [3.8, 4) is 0 Å². The molecule has 0 aliphatic heterocycles.